The summed E-state index contributed by atoms with van der Waals surface area (Å²) in [5, 5.41) is 2.86. The molecule has 4 heteroatoms. The maximum atomic E-state index is 11.3. The summed E-state index contributed by atoms with van der Waals surface area (Å²) in [5.74, 6) is -0.189. The van der Waals surface area contributed by atoms with Crippen LogP contribution in [0.3, 0.4) is 0 Å². The Bertz CT molecular complexity index is 365. The van der Waals surface area contributed by atoms with Crippen molar-refractivity contribution >= 4 is 33.4 Å². The zero-order valence-electron chi connectivity index (χ0n) is 8.68. The molecule has 0 saturated heterocycles. The fourth-order valence-corrected chi connectivity index (χ4v) is 2.26. The molecule has 0 atom stereocenters. The summed E-state index contributed by atoms with van der Waals surface area (Å²) in [6.45, 7) is 3.88. The van der Waals surface area contributed by atoms with Gasteiger partial charge in [0.05, 0.1) is 5.54 Å². The number of benzene rings is 1. The minimum absolute atomic E-state index is 0.0200. The molecule has 0 aliphatic heterocycles. The Labute approximate surface area is 103 Å². The highest BCUT2D eigenvalue weighted by Crippen LogP contribution is 2.27. The first-order chi connectivity index (χ1) is 6.97. The van der Waals surface area contributed by atoms with Crippen LogP contribution in [0, 0.1) is 0 Å². The first-order valence-corrected chi connectivity index (χ1v) is 5.92. The average molecular weight is 291 g/mol. The molecule has 0 radical (unpaired) electrons. The van der Waals surface area contributed by atoms with Crippen molar-refractivity contribution < 1.29 is 4.79 Å². The largest absolute Gasteiger partial charge is 0.346 e. The molecule has 0 aliphatic rings. The van der Waals surface area contributed by atoms with Gasteiger partial charge in [-0.25, -0.2) is 0 Å². The van der Waals surface area contributed by atoms with Crippen molar-refractivity contribution in [1.29, 1.82) is 0 Å². The molecule has 0 heterocycles. The van der Waals surface area contributed by atoms with Crippen LogP contribution in [0.1, 0.15) is 19.4 Å². The third kappa shape index (κ3) is 3.21. The minimum atomic E-state index is -0.425. The van der Waals surface area contributed by atoms with Gasteiger partial charge in [-0.15, -0.1) is 11.6 Å². The fourth-order valence-electron chi connectivity index (χ4n) is 1.42. The Morgan fingerprint density at radius 1 is 1.47 bits per heavy atom. The molecular weight excluding hydrogens is 277 g/mol. The van der Waals surface area contributed by atoms with Crippen LogP contribution in [0.2, 0.25) is 0 Å². The van der Waals surface area contributed by atoms with Crippen molar-refractivity contribution in [3.05, 3.63) is 34.3 Å². The zero-order valence-corrected chi connectivity index (χ0v) is 11.0. The molecule has 0 spiro atoms. The lowest BCUT2D eigenvalue weighted by Gasteiger charge is -2.27. The molecule has 0 saturated carbocycles. The third-order valence-electron chi connectivity index (χ3n) is 2.12. The SMILES string of the molecule is CC(C)(NC(=O)CCl)c1ccccc1Br. The van der Waals surface area contributed by atoms with Crippen LogP contribution in [-0.2, 0) is 10.3 Å². The third-order valence-corrected chi connectivity index (χ3v) is 3.05. The summed E-state index contributed by atoms with van der Waals surface area (Å²) in [4.78, 5) is 11.3. The Morgan fingerprint density at radius 3 is 2.60 bits per heavy atom. The molecule has 1 amide bonds. The van der Waals surface area contributed by atoms with E-state index in [2.05, 4.69) is 21.2 Å². The summed E-state index contributed by atoms with van der Waals surface area (Å²) >= 11 is 8.92. The molecule has 1 N–H and O–H groups in total. The standard InChI is InChI=1S/C11H13BrClNO/c1-11(2,14-10(15)7-13)8-5-3-4-6-9(8)12/h3-6H,7H2,1-2H3,(H,14,15). The van der Waals surface area contributed by atoms with Crippen LogP contribution in [0.4, 0.5) is 0 Å². The van der Waals surface area contributed by atoms with Crippen molar-refractivity contribution in [1.82, 2.24) is 5.32 Å². The maximum absolute atomic E-state index is 11.3. The minimum Gasteiger partial charge on any atom is -0.346 e. The van der Waals surface area contributed by atoms with Crippen molar-refractivity contribution in [2.75, 3.05) is 5.88 Å². The number of nitrogens with one attached hydrogen (secondary N) is 1. The van der Waals surface area contributed by atoms with Gasteiger partial charge < -0.3 is 5.32 Å². The van der Waals surface area contributed by atoms with E-state index in [-0.39, 0.29) is 11.8 Å². The summed E-state index contributed by atoms with van der Waals surface area (Å²) in [5.41, 5.74) is 0.606. The molecule has 0 bridgehead atoms. The van der Waals surface area contributed by atoms with Gasteiger partial charge in [0.1, 0.15) is 5.88 Å². The van der Waals surface area contributed by atoms with Crippen molar-refractivity contribution in [2.24, 2.45) is 0 Å². The van der Waals surface area contributed by atoms with Gasteiger partial charge in [-0.2, -0.15) is 0 Å². The zero-order chi connectivity index (χ0) is 11.5. The molecule has 1 aromatic rings. The molecule has 0 aromatic heterocycles. The Morgan fingerprint density at radius 2 is 2.07 bits per heavy atom. The quantitative estimate of drug-likeness (QED) is 0.852. The number of hydrogen-bond donors (Lipinski definition) is 1. The van der Waals surface area contributed by atoms with E-state index < -0.39 is 5.54 Å². The molecule has 2 nitrogen and oxygen atoms in total. The normalized spacial score (nSPS) is 11.2. The number of hydrogen-bond acceptors (Lipinski definition) is 1. The van der Waals surface area contributed by atoms with Gasteiger partial charge in [0, 0.05) is 4.47 Å². The fraction of sp³-hybridized carbons (Fsp3) is 0.364. The van der Waals surface area contributed by atoms with Crippen LogP contribution < -0.4 is 5.32 Å². The molecule has 0 aliphatic carbocycles. The predicted octanol–water partition coefficient (Wildman–Crippen LogP) is 3.04. The van der Waals surface area contributed by atoms with E-state index >= 15 is 0 Å². The molecular formula is C11H13BrClNO. The van der Waals surface area contributed by atoms with Gasteiger partial charge in [0.2, 0.25) is 5.91 Å². The van der Waals surface area contributed by atoms with E-state index in [1.807, 2.05) is 38.1 Å². The van der Waals surface area contributed by atoms with Gasteiger partial charge in [-0.1, -0.05) is 34.1 Å². The second-order valence-corrected chi connectivity index (χ2v) is 4.91. The van der Waals surface area contributed by atoms with E-state index in [0.29, 0.717) is 0 Å². The van der Waals surface area contributed by atoms with Gasteiger partial charge in [0.25, 0.3) is 0 Å². The smallest absolute Gasteiger partial charge is 0.235 e. The van der Waals surface area contributed by atoms with E-state index in [4.69, 9.17) is 11.6 Å². The molecule has 0 unspecified atom stereocenters. The van der Waals surface area contributed by atoms with Gasteiger partial charge >= 0.3 is 0 Å². The molecule has 82 valence electrons. The number of halogens is 2. The molecule has 1 rings (SSSR count). The first kappa shape index (κ1) is 12.5. The second kappa shape index (κ2) is 4.99. The summed E-state index contributed by atoms with van der Waals surface area (Å²) in [6, 6.07) is 7.80. The Balaban J connectivity index is 2.95. The lowest BCUT2D eigenvalue weighted by Crippen LogP contribution is -2.41. The maximum Gasteiger partial charge on any atom is 0.235 e. The highest BCUT2D eigenvalue weighted by atomic mass is 79.9. The van der Waals surface area contributed by atoms with Crippen LogP contribution >= 0.6 is 27.5 Å². The van der Waals surface area contributed by atoms with Gasteiger partial charge in [0.15, 0.2) is 0 Å². The Kier molecular flexibility index (Phi) is 4.17. The van der Waals surface area contributed by atoms with E-state index in [0.717, 1.165) is 10.0 Å². The topological polar surface area (TPSA) is 29.1 Å². The summed E-state index contributed by atoms with van der Waals surface area (Å²) < 4.78 is 0.977. The monoisotopic (exact) mass is 289 g/mol. The summed E-state index contributed by atoms with van der Waals surface area (Å²) in [6.07, 6.45) is 0. The number of alkyl halides is 1. The number of carbonyl (C=O) groups excluding carboxylic acids is 1. The number of amides is 1. The second-order valence-electron chi connectivity index (χ2n) is 3.79. The van der Waals surface area contributed by atoms with Crippen molar-refractivity contribution in [2.45, 2.75) is 19.4 Å². The number of rotatable bonds is 3. The van der Waals surface area contributed by atoms with E-state index in [9.17, 15) is 4.79 Å². The molecule has 0 fully saturated rings. The highest BCUT2D eigenvalue weighted by molar-refractivity contribution is 9.10. The highest BCUT2D eigenvalue weighted by Gasteiger charge is 2.24. The summed E-state index contributed by atoms with van der Waals surface area (Å²) in [7, 11) is 0. The molecule has 15 heavy (non-hydrogen) atoms. The van der Waals surface area contributed by atoms with Crippen molar-refractivity contribution in [3.8, 4) is 0 Å². The van der Waals surface area contributed by atoms with E-state index in [1.165, 1.54) is 0 Å². The average Bonchev–Trinajstić information content (AvgIpc) is 2.17. The van der Waals surface area contributed by atoms with E-state index in [1.54, 1.807) is 0 Å². The van der Waals surface area contributed by atoms with Crippen LogP contribution in [0.5, 0.6) is 0 Å². The van der Waals surface area contributed by atoms with Crippen LogP contribution in [-0.4, -0.2) is 11.8 Å². The van der Waals surface area contributed by atoms with Crippen LogP contribution in [0.15, 0.2) is 28.7 Å². The van der Waals surface area contributed by atoms with Crippen LogP contribution in [0.25, 0.3) is 0 Å². The number of carbonyl (C=O) groups is 1. The van der Waals surface area contributed by atoms with Gasteiger partial charge in [-0.3, -0.25) is 4.79 Å². The predicted molar refractivity (Wildman–Crippen MR) is 66.0 cm³/mol. The lowest BCUT2D eigenvalue weighted by atomic mass is 9.94. The van der Waals surface area contributed by atoms with Crippen molar-refractivity contribution in [3.63, 3.8) is 0 Å². The lowest BCUT2D eigenvalue weighted by molar-refractivity contribution is -0.120. The molecule has 1 aromatic carbocycles. The van der Waals surface area contributed by atoms with Gasteiger partial charge in [-0.05, 0) is 25.5 Å². The first-order valence-electron chi connectivity index (χ1n) is 4.59. The Hall–Kier alpha value is -0.540.